The van der Waals surface area contributed by atoms with Crippen molar-refractivity contribution in [2.45, 2.75) is 19.9 Å². The highest BCUT2D eigenvalue weighted by atomic mass is 35.5. The zero-order valence-corrected chi connectivity index (χ0v) is 11.5. The molecule has 19 heavy (non-hydrogen) atoms. The van der Waals surface area contributed by atoms with Crippen LogP contribution < -0.4 is 5.32 Å². The maximum absolute atomic E-state index is 10.8. The Bertz CT molecular complexity index is 565. The highest BCUT2D eigenvalue weighted by Crippen LogP contribution is 2.12. The molecule has 0 bridgehead atoms. The summed E-state index contributed by atoms with van der Waals surface area (Å²) in [7, 11) is 0. The van der Waals surface area contributed by atoms with Crippen molar-refractivity contribution in [3.63, 3.8) is 0 Å². The molecule has 0 saturated carbocycles. The summed E-state index contributed by atoms with van der Waals surface area (Å²) in [5, 5.41) is 3.50. The molecule has 2 rings (SSSR count). The minimum absolute atomic E-state index is 0.0204. The topological polar surface area (TPSA) is 46.9 Å². The summed E-state index contributed by atoms with van der Waals surface area (Å²) in [5.41, 5.74) is 1.13. The first kappa shape index (κ1) is 13.6. The lowest BCUT2D eigenvalue weighted by Gasteiger charge is -2.08. The van der Waals surface area contributed by atoms with E-state index in [1.165, 1.54) is 6.92 Å². The summed E-state index contributed by atoms with van der Waals surface area (Å²) in [4.78, 5) is 15.1. The first-order valence-corrected chi connectivity index (χ1v) is 6.52. The van der Waals surface area contributed by atoms with Gasteiger partial charge in [0.15, 0.2) is 0 Å². The standard InChI is InChI=1S/C14H16ClN3O/c1-11(19)16-6-5-14-17-7-8-18(14)10-12-3-2-4-13(15)9-12/h2-4,7-9H,5-6,10H2,1H3,(H,16,19). The lowest BCUT2D eigenvalue weighted by Crippen LogP contribution is -2.23. The molecule has 1 aromatic heterocycles. The van der Waals surface area contributed by atoms with Gasteiger partial charge in [0, 0.05) is 43.9 Å². The second-order valence-corrected chi connectivity index (χ2v) is 4.77. The number of amides is 1. The molecule has 1 aromatic carbocycles. The minimum Gasteiger partial charge on any atom is -0.356 e. The van der Waals surface area contributed by atoms with E-state index in [0.29, 0.717) is 13.0 Å². The quantitative estimate of drug-likeness (QED) is 0.911. The number of nitrogens with one attached hydrogen (secondary N) is 1. The molecular formula is C14H16ClN3O. The number of aromatic nitrogens is 2. The summed E-state index contributed by atoms with van der Waals surface area (Å²) in [6.07, 6.45) is 4.42. The van der Waals surface area contributed by atoms with E-state index in [-0.39, 0.29) is 5.91 Å². The summed E-state index contributed by atoms with van der Waals surface area (Å²) >= 11 is 5.97. The van der Waals surface area contributed by atoms with Crippen molar-refractivity contribution in [3.8, 4) is 0 Å². The molecule has 1 N–H and O–H groups in total. The maximum atomic E-state index is 10.8. The van der Waals surface area contributed by atoms with Gasteiger partial charge in [-0.15, -0.1) is 0 Å². The maximum Gasteiger partial charge on any atom is 0.216 e. The second-order valence-electron chi connectivity index (χ2n) is 4.33. The van der Waals surface area contributed by atoms with E-state index in [1.54, 1.807) is 6.20 Å². The number of halogens is 1. The van der Waals surface area contributed by atoms with Crippen molar-refractivity contribution in [1.29, 1.82) is 0 Å². The van der Waals surface area contributed by atoms with Gasteiger partial charge in [-0.25, -0.2) is 4.98 Å². The molecule has 0 atom stereocenters. The Morgan fingerprint density at radius 2 is 2.32 bits per heavy atom. The average molecular weight is 278 g/mol. The number of imidazole rings is 1. The zero-order valence-electron chi connectivity index (χ0n) is 10.8. The average Bonchev–Trinajstić information content (AvgIpc) is 2.76. The van der Waals surface area contributed by atoms with Gasteiger partial charge in [-0.3, -0.25) is 4.79 Å². The number of benzene rings is 1. The normalized spacial score (nSPS) is 10.4. The Morgan fingerprint density at radius 1 is 1.47 bits per heavy atom. The van der Waals surface area contributed by atoms with Crippen LogP contribution in [0.4, 0.5) is 0 Å². The van der Waals surface area contributed by atoms with E-state index in [4.69, 9.17) is 11.6 Å². The molecule has 4 nitrogen and oxygen atoms in total. The van der Waals surface area contributed by atoms with E-state index in [1.807, 2.05) is 30.5 Å². The van der Waals surface area contributed by atoms with Gasteiger partial charge in [-0.05, 0) is 17.7 Å². The van der Waals surface area contributed by atoms with Gasteiger partial charge in [0.2, 0.25) is 5.91 Å². The van der Waals surface area contributed by atoms with Crippen molar-refractivity contribution in [3.05, 3.63) is 53.1 Å². The van der Waals surface area contributed by atoms with Crippen molar-refractivity contribution in [1.82, 2.24) is 14.9 Å². The SMILES string of the molecule is CC(=O)NCCc1nccn1Cc1cccc(Cl)c1. The third-order valence-corrected chi connectivity index (χ3v) is 3.00. The fourth-order valence-corrected chi connectivity index (χ4v) is 2.11. The molecule has 0 saturated heterocycles. The van der Waals surface area contributed by atoms with Crippen LogP contribution in [0.25, 0.3) is 0 Å². The van der Waals surface area contributed by atoms with Gasteiger partial charge in [-0.1, -0.05) is 23.7 Å². The van der Waals surface area contributed by atoms with Crippen LogP contribution in [0.1, 0.15) is 18.3 Å². The fraction of sp³-hybridized carbons (Fsp3) is 0.286. The van der Waals surface area contributed by atoms with E-state index < -0.39 is 0 Å². The Hall–Kier alpha value is -1.81. The van der Waals surface area contributed by atoms with Crippen LogP contribution in [0.2, 0.25) is 5.02 Å². The second kappa shape index (κ2) is 6.38. The zero-order chi connectivity index (χ0) is 13.7. The van der Waals surface area contributed by atoms with Gasteiger partial charge >= 0.3 is 0 Å². The van der Waals surface area contributed by atoms with Gasteiger partial charge < -0.3 is 9.88 Å². The molecule has 100 valence electrons. The third kappa shape index (κ3) is 4.10. The van der Waals surface area contributed by atoms with Crippen molar-refractivity contribution >= 4 is 17.5 Å². The minimum atomic E-state index is -0.0204. The molecule has 2 aromatic rings. The molecule has 0 aliphatic rings. The Labute approximate surface area is 117 Å². The lowest BCUT2D eigenvalue weighted by atomic mass is 10.2. The Balaban J connectivity index is 2.01. The van der Waals surface area contributed by atoms with Gasteiger partial charge in [0.05, 0.1) is 0 Å². The van der Waals surface area contributed by atoms with Crippen LogP contribution in [0.15, 0.2) is 36.7 Å². The van der Waals surface area contributed by atoms with E-state index >= 15 is 0 Å². The molecule has 0 fully saturated rings. The summed E-state index contributed by atoms with van der Waals surface area (Å²) < 4.78 is 2.06. The number of carbonyl (C=O) groups is 1. The monoisotopic (exact) mass is 277 g/mol. The first-order chi connectivity index (χ1) is 9.15. The van der Waals surface area contributed by atoms with Crippen molar-refractivity contribution < 1.29 is 4.79 Å². The molecule has 0 unspecified atom stereocenters. The van der Waals surface area contributed by atoms with Crippen LogP contribution in [0, 0.1) is 0 Å². The predicted octanol–water partition coefficient (Wildman–Crippen LogP) is 2.26. The first-order valence-electron chi connectivity index (χ1n) is 6.14. The van der Waals surface area contributed by atoms with E-state index in [9.17, 15) is 4.79 Å². The molecule has 0 radical (unpaired) electrons. The van der Waals surface area contributed by atoms with Gasteiger partial charge in [0.1, 0.15) is 5.82 Å². The highest BCUT2D eigenvalue weighted by Gasteiger charge is 2.04. The lowest BCUT2D eigenvalue weighted by molar-refractivity contribution is -0.118. The molecule has 5 heteroatoms. The van der Waals surface area contributed by atoms with Gasteiger partial charge in [-0.2, -0.15) is 0 Å². The number of hydrogen-bond acceptors (Lipinski definition) is 2. The molecule has 1 heterocycles. The Kier molecular flexibility index (Phi) is 4.58. The van der Waals surface area contributed by atoms with Crippen molar-refractivity contribution in [2.75, 3.05) is 6.54 Å². The smallest absolute Gasteiger partial charge is 0.216 e. The van der Waals surface area contributed by atoms with Crippen LogP contribution in [0.5, 0.6) is 0 Å². The van der Waals surface area contributed by atoms with E-state index in [2.05, 4.69) is 14.9 Å². The van der Waals surface area contributed by atoms with Crippen LogP contribution >= 0.6 is 11.6 Å². The van der Waals surface area contributed by atoms with Crippen LogP contribution in [-0.4, -0.2) is 22.0 Å². The summed E-state index contributed by atoms with van der Waals surface area (Å²) in [6.45, 7) is 2.84. The molecule has 1 amide bonds. The van der Waals surface area contributed by atoms with E-state index in [0.717, 1.165) is 23.0 Å². The molecule has 0 aliphatic heterocycles. The largest absolute Gasteiger partial charge is 0.356 e. The molecular weight excluding hydrogens is 262 g/mol. The van der Waals surface area contributed by atoms with Crippen LogP contribution in [0.3, 0.4) is 0 Å². The Morgan fingerprint density at radius 3 is 3.05 bits per heavy atom. The van der Waals surface area contributed by atoms with Crippen LogP contribution in [-0.2, 0) is 17.8 Å². The predicted molar refractivity (Wildman–Crippen MR) is 75.2 cm³/mol. The summed E-state index contributed by atoms with van der Waals surface area (Å²) in [5.74, 6) is 0.932. The molecule has 0 spiro atoms. The molecule has 0 aliphatic carbocycles. The highest BCUT2D eigenvalue weighted by molar-refractivity contribution is 6.30. The fourth-order valence-electron chi connectivity index (χ4n) is 1.89. The number of nitrogens with zero attached hydrogens (tertiary/aromatic N) is 2. The third-order valence-electron chi connectivity index (χ3n) is 2.77. The number of carbonyl (C=O) groups excluding carboxylic acids is 1. The van der Waals surface area contributed by atoms with Gasteiger partial charge in [0.25, 0.3) is 0 Å². The number of rotatable bonds is 5. The summed E-state index contributed by atoms with van der Waals surface area (Å²) in [6, 6.07) is 7.77. The number of hydrogen-bond donors (Lipinski definition) is 1. The van der Waals surface area contributed by atoms with Crippen molar-refractivity contribution in [2.24, 2.45) is 0 Å².